The molecular formula is C18H26O4. The minimum absolute atomic E-state index is 0.0218. The molecule has 0 fully saturated rings. The molecule has 0 spiro atoms. The first-order chi connectivity index (χ1) is 10.1. The Labute approximate surface area is 132 Å². The normalized spacial score (nSPS) is 15.7. The van der Waals surface area contributed by atoms with Crippen LogP contribution in [0.4, 0.5) is 0 Å². The quantitative estimate of drug-likeness (QED) is 0.551. The zero-order chi connectivity index (χ0) is 16.9. The summed E-state index contributed by atoms with van der Waals surface area (Å²) in [5.41, 5.74) is 0.704. The summed E-state index contributed by atoms with van der Waals surface area (Å²) in [6.07, 6.45) is 3.30. The molecule has 0 aromatic carbocycles. The highest BCUT2D eigenvalue weighted by atomic mass is 16.5. The summed E-state index contributed by atoms with van der Waals surface area (Å²) in [6, 6.07) is 0. The van der Waals surface area contributed by atoms with Gasteiger partial charge < -0.3 is 4.74 Å². The lowest BCUT2D eigenvalue weighted by molar-refractivity contribution is -0.151. The predicted molar refractivity (Wildman–Crippen MR) is 85.1 cm³/mol. The standard InChI is InChI=1S/C18H26O4/c1-12(2)8-6-10-14(19)13-9-7-11-15(20)16(13)22-17(21)18(3,4)5/h1,6-11H2,2-5H3. The minimum Gasteiger partial charge on any atom is -0.422 e. The van der Waals surface area contributed by atoms with Crippen molar-refractivity contribution >= 4 is 17.5 Å². The highest BCUT2D eigenvalue weighted by molar-refractivity contribution is 6.07. The molecule has 0 radical (unpaired) electrons. The van der Waals surface area contributed by atoms with Gasteiger partial charge in [0.25, 0.3) is 0 Å². The fourth-order valence-electron chi connectivity index (χ4n) is 2.15. The van der Waals surface area contributed by atoms with Crippen LogP contribution in [0.25, 0.3) is 0 Å². The molecule has 0 N–H and O–H groups in total. The molecule has 0 amide bonds. The number of esters is 1. The van der Waals surface area contributed by atoms with Gasteiger partial charge in [0.2, 0.25) is 0 Å². The molecule has 0 atom stereocenters. The van der Waals surface area contributed by atoms with Gasteiger partial charge in [0.1, 0.15) is 0 Å². The van der Waals surface area contributed by atoms with Crippen LogP contribution >= 0.6 is 0 Å². The van der Waals surface area contributed by atoms with E-state index in [1.54, 1.807) is 20.8 Å². The lowest BCUT2D eigenvalue weighted by Crippen LogP contribution is -2.27. The van der Waals surface area contributed by atoms with E-state index in [0.717, 1.165) is 12.0 Å². The third-order valence-corrected chi connectivity index (χ3v) is 3.51. The fourth-order valence-corrected chi connectivity index (χ4v) is 2.15. The lowest BCUT2D eigenvalue weighted by Gasteiger charge is -2.22. The Morgan fingerprint density at radius 1 is 1.18 bits per heavy atom. The maximum atomic E-state index is 12.3. The van der Waals surface area contributed by atoms with Gasteiger partial charge in [-0.1, -0.05) is 5.57 Å². The van der Waals surface area contributed by atoms with E-state index in [4.69, 9.17) is 4.74 Å². The summed E-state index contributed by atoms with van der Waals surface area (Å²) in [6.45, 7) is 10.9. The molecule has 0 aromatic heterocycles. The Balaban J connectivity index is 2.90. The number of carbonyl (C=O) groups is 3. The number of allylic oxidation sites excluding steroid dienone is 3. The highest BCUT2D eigenvalue weighted by Crippen LogP contribution is 2.28. The van der Waals surface area contributed by atoms with Crippen molar-refractivity contribution in [3.63, 3.8) is 0 Å². The van der Waals surface area contributed by atoms with Crippen molar-refractivity contribution in [3.8, 4) is 0 Å². The maximum Gasteiger partial charge on any atom is 0.316 e. The van der Waals surface area contributed by atoms with Crippen LogP contribution in [0, 0.1) is 5.41 Å². The van der Waals surface area contributed by atoms with E-state index in [1.807, 2.05) is 6.92 Å². The van der Waals surface area contributed by atoms with E-state index in [9.17, 15) is 14.4 Å². The van der Waals surface area contributed by atoms with E-state index in [0.29, 0.717) is 37.7 Å². The largest absolute Gasteiger partial charge is 0.422 e. The van der Waals surface area contributed by atoms with Gasteiger partial charge in [-0.2, -0.15) is 0 Å². The van der Waals surface area contributed by atoms with Gasteiger partial charge in [0.05, 0.1) is 5.41 Å². The summed E-state index contributed by atoms with van der Waals surface area (Å²) in [7, 11) is 0. The maximum absolute atomic E-state index is 12.3. The number of hydrogen-bond donors (Lipinski definition) is 0. The Morgan fingerprint density at radius 3 is 2.36 bits per heavy atom. The second kappa shape index (κ2) is 7.52. The van der Waals surface area contributed by atoms with E-state index in [-0.39, 0.29) is 17.3 Å². The number of carbonyl (C=O) groups excluding carboxylic acids is 3. The van der Waals surface area contributed by atoms with Crippen molar-refractivity contribution in [1.82, 2.24) is 0 Å². The van der Waals surface area contributed by atoms with Crippen molar-refractivity contribution in [2.75, 3.05) is 0 Å². The summed E-state index contributed by atoms with van der Waals surface area (Å²) >= 11 is 0. The number of Topliss-reactive ketones (excluding diaryl/α,β-unsaturated/α-hetero) is 2. The van der Waals surface area contributed by atoms with E-state index in [2.05, 4.69) is 6.58 Å². The molecule has 122 valence electrons. The van der Waals surface area contributed by atoms with Crippen LogP contribution in [0.3, 0.4) is 0 Å². The predicted octanol–water partition coefficient (Wildman–Crippen LogP) is 3.90. The van der Waals surface area contributed by atoms with Crippen LogP contribution in [-0.2, 0) is 19.1 Å². The molecule has 0 aromatic rings. The Kier molecular flexibility index (Phi) is 6.27. The second-order valence-electron chi connectivity index (χ2n) is 6.96. The molecule has 4 nitrogen and oxygen atoms in total. The van der Waals surface area contributed by atoms with Gasteiger partial charge in [0.15, 0.2) is 17.3 Å². The summed E-state index contributed by atoms with van der Waals surface area (Å²) in [5, 5.41) is 0. The smallest absolute Gasteiger partial charge is 0.316 e. The van der Waals surface area contributed by atoms with Crippen LogP contribution < -0.4 is 0 Å². The molecule has 0 unspecified atom stereocenters. The van der Waals surface area contributed by atoms with Crippen molar-refractivity contribution in [3.05, 3.63) is 23.5 Å². The van der Waals surface area contributed by atoms with Crippen LogP contribution in [0.1, 0.15) is 66.2 Å². The number of ether oxygens (including phenoxy) is 1. The number of ketones is 2. The molecule has 22 heavy (non-hydrogen) atoms. The first kappa shape index (κ1) is 18.3. The van der Waals surface area contributed by atoms with Crippen LogP contribution in [-0.4, -0.2) is 17.5 Å². The topological polar surface area (TPSA) is 60.4 Å². The molecule has 0 aliphatic heterocycles. The summed E-state index contributed by atoms with van der Waals surface area (Å²) in [4.78, 5) is 36.4. The van der Waals surface area contributed by atoms with Gasteiger partial charge >= 0.3 is 5.97 Å². The summed E-state index contributed by atoms with van der Waals surface area (Å²) < 4.78 is 5.28. The zero-order valence-electron chi connectivity index (χ0n) is 14.1. The molecule has 1 rings (SSSR count). The Bertz CT molecular complexity index is 518. The molecule has 0 bridgehead atoms. The second-order valence-corrected chi connectivity index (χ2v) is 6.96. The van der Waals surface area contributed by atoms with Gasteiger partial charge in [-0.15, -0.1) is 6.58 Å². The van der Waals surface area contributed by atoms with Crippen LogP contribution in [0.2, 0.25) is 0 Å². The SMILES string of the molecule is C=C(C)CCCC(=O)C1=C(OC(=O)C(C)(C)C)C(=O)CCC1. The van der Waals surface area contributed by atoms with E-state index in [1.165, 1.54) is 0 Å². The van der Waals surface area contributed by atoms with Crippen molar-refractivity contribution in [1.29, 1.82) is 0 Å². The molecule has 0 saturated carbocycles. The number of hydrogen-bond acceptors (Lipinski definition) is 4. The molecule has 4 heteroatoms. The van der Waals surface area contributed by atoms with Crippen molar-refractivity contribution < 1.29 is 19.1 Å². The zero-order valence-corrected chi connectivity index (χ0v) is 14.1. The number of rotatable bonds is 6. The fraction of sp³-hybridized carbons (Fsp3) is 0.611. The van der Waals surface area contributed by atoms with Gasteiger partial charge in [-0.05, 0) is 53.4 Å². The van der Waals surface area contributed by atoms with Crippen LogP contribution in [0.5, 0.6) is 0 Å². The molecule has 1 aliphatic carbocycles. The molecular weight excluding hydrogens is 280 g/mol. The van der Waals surface area contributed by atoms with E-state index < -0.39 is 11.4 Å². The van der Waals surface area contributed by atoms with Crippen molar-refractivity contribution in [2.45, 2.75) is 66.2 Å². The Hall–Kier alpha value is -1.71. The minimum atomic E-state index is -0.709. The average molecular weight is 306 g/mol. The van der Waals surface area contributed by atoms with Crippen LogP contribution in [0.15, 0.2) is 23.5 Å². The molecule has 1 aliphatic rings. The monoisotopic (exact) mass is 306 g/mol. The third kappa shape index (κ3) is 5.24. The first-order valence-corrected chi connectivity index (χ1v) is 7.79. The van der Waals surface area contributed by atoms with Gasteiger partial charge in [0, 0.05) is 18.4 Å². The van der Waals surface area contributed by atoms with E-state index >= 15 is 0 Å². The first-order valence-electron chi connectivity index (χ1n) is 7.79. The third-order valence-electron chi connectivity index (χ3n) is 3.51. The van der Waals surface area contributed by atoms with Gasteiger partial charge in [-0.25, -0.2) is 0 Å². The summed E-state index contributed by atoms with van der Waals surface area (Å²) in [5.74, 6) is -0.838. The molecule has 0 heterocycles. The van der Waals surface area contributed by atoms with Crippen molar-refractivity contribution in [2.24, 2.45) is 5.41 Å². The lowest BCUT2D eigenvalue weighted by atomic mass is 9.91. The average Bonchev–Trinajstić information content (AvgIpc) is 2.39. The highest BCUT2D eigenvalue weighted by Gasteiger charge is 2.31. The van der Waals surface area contributed by atoms with Gasteiger partial charge in [-0.3, -0.25) is 14.4 Å². The molecule has 0 saturated heterocycles. The Morgan fingerprint density at radius 2 is 1.82 bits per heavy atom.